The molecule has 0 aliphatic heterocycles. The molecule has 0 unspecified atom stereocenters. The average molecular weight is 499 g/mol. The van der Waals surface area contributed by atoms with Crippen LogP contribution < -0.4 is 10.4 Å². The van der Waals surface area contributed by atoms with Gasteiger partial charge in [0.15, 0.2) is 0 Å². The molecule has 5 aromatic carbocycles. The van der Waals surface area contributed by atoms with Crippen molar-refractivity contribution in [1.29, 1.82) is 0 Å². The van der Waals surface area contributed by atoms with Crippen LogP contribution in [0.15, 0.2) is 146 Å². The summed E-state index contributed by atoms with van der Waals surface area (Å²) in [5, 5.41) is 2.34. The Hall–Kier alpha value is -3.55. The maximum absolute atomic E-state index is 6.45. The Morgan fingerprint density at radius 1 is 0.333 bits per heavy atom. The lowest BCUT2D eigenvalue weighted by molar-refractivity contribution is 0.266. The van der Waals surface area contributed by atoms with Crippen LogP contribution in [0.2, 0.25) is 0 Å². The molecule has 0 amide bonds. The van der Waals surface area contributed by atoms with Gasteiger partial charge in [-0.05, 0) is 32.6 Å². The van der Waals surface area contributed by atoms with Gasteiger partial charge in [-0.3, -0.25) is 0 Å². The number of hydrogen-bond acceptors (Lipinski definition) is 2. The van der Waals surface area contributed by atoms with E-state index in [1.807, 2.05) is 24.3 Å². The average Bonchev–Trinajstić information content (AvgIpc) is 2.96. The molecule has 0 bridgehead atoms. The van der Waals surface area contributed by atoms with E-state index < -0.39 is 0 Å². The van der Waals surface area contributed by atoms with E-state index in [-0.39, 0.29) is 31.7 Å². The van der Waals surface area contributed by atoms with Gasteiger partial charge in [0.25, 0.3) is 19.5 Å². The summed E-state index contributed by atoms with van der Waals surface area (Å²) in [6.07, 6.45) is -0.179. The summed E-state index contributed by atoms with van der Waals surface area (Å²) in [5.41, 5.74) is 4.65. The first-order chi connectivity index (χ1) is 17.9. The smallest absolute Gasteiger partial charge is 0.270 e. The normalized spacial score (nSPS) is 11.2. The van der Waals surface area contributed by atoms with Gasteiger partial charge in [0.1, 0.15) is 0 Å². The van der Waals surface area contributed by atoms with Crippen LogP contribution in [-0.2, 0) is 8.85 Å². The molecule has 36 heavy (non-hydrogen) atoms. The predicted octanol–water partition coefficient (Wildman–Crippen LogP) is 5.79. The molecule has 0 aliphatic rings. The van der Waals surface area contributed by atoms with Crippen molar-refractivity contribution in [2.75, 3.05) is 0 Å². The van der Waals surface area contributed by atoms with E-state index in [2.05, 4.69) is 121 Å². The zero-order chi connectivity index (χ0) is 24.4. The summed E-state index contributed by atoms with van der Waals surface area (Å²) in [6, 6.07) is 50.2. The summed E-state index contributed by atoms with van der Waals surface area (Å²) in [5.74, 6) is 0. The van der Waals surface area contributed by atoms with Crippen LogP contribution in [0.1, 0.15) is 34.5 Å². The van der Waals surface area contributed by atoms with Crippen molar-refractivity contribution in [1.82, 2.24) is 0 Å². The van der Waals surface area contributed by atoms with E-state index in [4.69, 9.17) is 8.85 Å². The second-order valence-corrected chi connectivity index (χ2v) is 10.5. The van der Waals surface area contributed by atoms with Gasteiger partial charge in [-0.15, -0.1) is 0 Å². The molecular weight excluding hydrogens is 473 g/mol. The molecule has 5 aromatic rings. The minimum absolute atomic E-state index is 0.0897. The summed E-state index contributed by atoms with van der Waals surface area (Å²) in [7, 11) is 0.494. The Balaban J connectivity index is 1.25. The van der Waals surface area contributed by atoms with E-state index in [1.165, 1.54) is 10.4 Å². The molecule has 0 saturated carbocycles. The predicted molar refractivity (Wildman–Crippen MR) is 149 cm³/mol. The molecule has 0 atom stereocenters. The fourth-order valence-corrected chi connectivity index (χ4v) is 5.69. The highest BCUT2D eigenvalue weighted by molar-refractivity contribution is 6.49. The van der Waals surface area contributed by atoms with Crippen molar-refractivity contribution in [2.24, 2.45) is 0 Å². The fourth-order valence-electron chi connectivity index (χ4n) is 4.03. The molecule has 0 heterocycles. The van der Waals surface area contributed by atoms with E-state index in [9.17, 15) is 0 Å². The molecule has 0 saturated heterocycles. The second-order valence-electron chi connectivity index (χ2n) is 8.42. The lowest BCUT2D eigenvalue weighted by Gasteiger charge is -2.19. The molecule has 0 N–H and O–H groups in total. The standard InChI is InChI=1S/C32H26O2Si2/c1-5-13-25(14-6-1)31(26-15-7-2-8-16-26)33-35-29-21-23-30(24-22-29)36-34-32(27-17-9-3-10-18-27)28-19-11-4-12-20-28/h1-24,31-32H. The minimum Gasteiger partial charge on any atom is -0.400 e. The van der Waals surface area contributed by atoms with Crippen molar-refractivity contribution in [3.05, 3.63) is 168 Å². The van der Waals surface area contributed by atoms with Crippen LogP contribution in [0.3, 0.4) is 0 Å². The Labute approximate surface area is 218 Å². The molecule has 0 aliphatic carbocycles. The largest absolute Gasteiger partial charge is 0.400 e. The maximum atomic E-state index is 6.45. The molecule has 0 aromatic heterocycles. The highest BCUT2D eigenvalue weighted by atomic mass is 28.2. The maximum Gasteiger partial charge on any atom is 0.270 e. The Morgan fingerprint density at radius 3 is 0.833 bits per heavy atom. The van der Waals surface area contributed by atoms with Gasteiger partial charge in [0.2, 0.25) is 0 Å². The summed E-state index contributed by atoms with van der Waals surface area (Å²) in [6.45, 7) is 0. The third kappa shape index (κ3) is 6.36. The summed E-state index contributed by atoms with van der Waals surface area (Å²) >= 11 is 0. The third-order valence-corrected chi connectivity index (χ3v) is 7.73. The van der Waals surface area contributed by atoms with E-state index in [0.717, 1.165) is 22.3 Å². The monoisotopic (exact) mass is 498 g/mol. The van der Waals surface area contributed by atoms with Crippen LogP contribution in [0, 0.1) is 0 Å². The van der Waals surface area contributed by atoms with Crippen molar-refractivity contribution >= 4 is 29.9 Å². The zero-order valence-corrected chi connectivity index (χ0v) is 21.8. The molecule has 0 fully saturated rings. The lowest BCUT2D eigenvalue weighted by atomic mass is 10.0. The third-order valence-electron chi connectivity index (χ3n) is 5.88. The van der Waals surface area contributed by atoms with Crippen molar-refractivity contribution in [2.45, 2.75) is 12.2 Å². The lowest BCUT2D eigenvalue weighted by Crippen LogP contribution is -2.25. The Kier molecular flexibility index (Phi) is 8.34. The first-order valence-electron chi connectivity index (χ1n) is 12.0. The van der Waals surface area contributed by atoms with E-state index >= 15 is 0 Å². The van der Waals surface area contributed by atoms with E-state index in [1.54, 1.807) is 0 Å². The number of benzene rings is 5. The fraction of sp³-hybridized carbons (Fsp3) is 0.0625. The molecular formula is C32H26O2Si2. The number of hydrogen-bond donors (Lipinski definition) is 0. The topological polar surface area (TPSA) is 18.5 Å². The van der Waals surface area contributed by atoms with Crippen LogP contribution in [0.25, 0.3) is 0 Å². The molecule has 4 radical (unpaired) electrons. The van der Waals surface area contributed by atoms with Crippen molar-refractivity contribution in [3.63, 3.8) is 0 Å². The molecule has 2 nitrogen and oxygen atoms in total. The summed E-state index contributed by atoms with van der Waals surface area (Å²) < 4.78 is 12.9. The van der Waals surface area contributed by atoms with Crippen molar-refractivity contribution in [3.8, 4) is 0 Å². The van der Waals surface area contributed by atoms with Gasteiger partial charge in [-0.2, -0.15) is 0 Å². The van der Waals surface area contributed by atoms with Crippen molar-refractivity contribution < 1.29 is 8.85 Å². The molecule has 174 valence electrons. The molecule has 5 rings (SSSR count). The van der Waals surface area contributed by atoms with Gasteiger partial charge in [0.05, 0.1) is 12.2 Å². The van der Waals surface area contributed by atoms with Gasteiger partial charge < -0.3 is 8.85 Å². The SMILES string of the molecule is c1ccc(C(O[Si]c2ccc([Si]OC(c3ccccc3)c3ccccc3)cc2)c2ccccc2)cc1. The summed E-state index contributed by atoms with van der Waals surface area (Å²) in [4.78, 5) is 0. The second kappa shape index (κ2) is 12.4. The van der Waals surface area contributed by atoms with Crippen LogP contribution in [0.4, 0.5) is 0 Å². The van der Waals surface area contributed by atoms with Gasteiger partial charge in [-0.1, -0.05) is 146 Å². The van der Waals surface area contributed by atoms with Gasteiger partial charge in [0, 0.05) is 0 Å². The van der Waals surface area contributed by atoms with Crippen LogP contribution in [0.5, 0.6) is 0 Å². The highest BCUT2D eigenvalue weighted by Crippen LogP contribution is 2.26. The van der Waals surface area contributed by atoms with Gasteiger partial charge >= 0.3 is 0 Å². The quantitative estimate of drug-likeness (QED) is 0.227. The Bertz CT molecular complexity index is 1130. The number of rotatable bonds is 10. The molecule has 4 heteroatoms. The van der Waals surface area contributed by atoms with Crippen LogP contribution >= 0.6 is 0 Å². The first-order valence-corrected chi connectivity index (χ1v) is 13.8. The molecule has 0 spiro atoms. The Morgan fingerprint density at radius 2 is 0.583 bits per heavy atom. The van der Waals surface area contributed by atoms with E-state index in [0.29, 0.717) is 0 Å². The minimum atomic E-state index is -0.0897. The highest BCUT2D eigenvalue weighted by Gasteiger charge is 2.17. The first kappa shape index (κ1) is 24.2. The van der Waals surface area contributed by atoms with Crippen LogP contribution in [-0.4, -0.2) is 19.5 Å². The van der Waals surface area contributed by atoms with Gasteiger partial charge in [-0.25, -0.2) is 0 Å². The zero-order valence-electron chi connectivity index (χ0n) is 19.8.